The van der Waals surface area contributed by atoms with Crippen LogP contribution in [0.25, 0.3) is 0 Å². The van der Waals surface area contributed by atoms with Gasteiger partial charge in [-0.25, -0.2) is 0 Å². The van der Waals surface area contributed by atoms with Crippen LogP contribution in [0.5, 0.6) is 0 Å². The van der Waals surface area contributed by atoms with Crippen LogP contribution in [0.1, 0.15) is 53.9 Å². The van der Waals surface area contributed by atoms with Crippen molar-refractivity contribution in [1.29, 1.82) is 0 Å². The van der Waals surface area contributed by atoms with E-state index in [9.17, 15) is 0 Å². The Bertz CT molecular complexity index is 176. The number of allylic oxidation sites excluding steroid dienone is 4. The summed E-state index contributed by atoms with van der Waals surface area (Å²) in [5, 5.41) is 0. The molecule has 0 nitrogen and oxygen atoms in total. The van der Waals surface area contributed by atoms with Crippen molar-refractivity contribution in [3.8, 4) is 0 Å². The summed E-state index contributed by atoms with van der Waals surface area (Å²) in [6.45, 7) is 11.1. The molecule has 0 unspecified atom stereocenters. The molecule has 0 N–H and O–H groups in total. The highest BCUT2D eigenvalue weighted by Gasteiger charge is 1.93. The maximum Gasteiger partial charge on any atom is -0.0346 e. The van der Waals surface area contributed by atoms with Crippen LogP contribution in [0.4, 0.5) is 0 Å². The Morgan fingerprint density at radius 1 is 0.917 bits per heavy atom. The molecule has 0 aromatic heterocycles. The summed E-state index contributed by atoms with van der Waals surface area (Å²) >= 11 is 0. The number of rotatable bonds is 4. The quantitative estimate of drug-likeness (QED) is 0.540. The largest absolute Gasteiger partial charge is 0.0707 e. The van der Waals surface area contributed by atoms with Crippen molar-refractivity contribution >= 4 is 0 Å². The van der Waals surface area contributed by atoms with Gasteiger partial charge in [0.15, 0.2) is 0 Å². The van der Waals surface area contributed by atoms with E-state index in [1.807, 2.05) is 0 Å². The average molecular weight is 166 g/mol. The van der Waals surface area contributed by atoms with E-state index >= 15 is 0 Å². The molecule has 0 aliphatic rings. The van der Waals surface area contributed by atoms with E-state index in [2.05, 4.69) is 40.7 Å². The molecule has 12 heavy (non-hydrogen) atoms. The Balaban J connectivity index is 4.49. The summed E-state index contributed by atoms with van der Waals surface area (Å²) in [5.41, 5.74) is 4.52. The Labute approximate surface area is 77.4 Å². The van der Waals surface area contributed by atoms with Gasteiger partial charge in [-0.3, -0.25) is 0 Å². The monoisotopic (exact) mass is 166 g/mol. The van der Waals surface area contributed by atoms with E-state index in [1.165, 1.54) is 30.4 Å². The van der Waals surface area contributed by atoms with Gasteiger partial charge >= 0.3 is 0 Å². The lowest BCUT2D eigenvalue weighted by Crippen LogP contribution is -1.83. The summed E-state index contributed by atoms with van der Waals surface area (Å²) in [5.74, 6) is 0. The second kappa shape index (κ2) is 6.05. The first-order chi connectivity index (χ1) is 5.65. The zero-order valence-corrected chi connectivity index (χ0v) is 9.20. The van der Waals surface area contributed by atoms with Crippen LogP contribution < -0.4 is 0 Å². The second-order valence-corrected chi connectivity index (χ2v) is 3.33. The number of hydrogen-bond donors (Lipinski definition) is 0. The maximum atomic E-state index is 2.35. The zero-order chi connectivity index (χ0) is 9.56. The van der Waals surface area contributed by atoms with Gasteiger partial charge in [0.05, 0.1) is 0 Å². The molecule has 0 heterocycles. The van der Waals surface area contributed by atoms with Crippen LogP contribution in [-0.2, 0) is 0 Å². The predicted octanol–water partition coefficient (Wildman–Crippen LogP) is 4.48. The molecule has 0 aliphatic heterocycles. The molecule has 0 aromatic rings. The highest BCUT2D eigenvalue weighted by molar-refractivity contribution is 5.25. The van der Waals surface area contributed by atoms with Crippen molar-refractivity contribution < 1.29 is 0 Å². The summed E-state index contributed by atoms with van der Waals surface area (Å²) in [7, 11) is 0. The van der Waals surface area contributed by atoms with Crippen molar-refractivity contribution in [3.05, 3.63) is 22.8 Å². The van der Waals surface area contributed by atoms with E-state index in [1.54, 1.807) is 5.57 Å². The van der Waals surface area contributed by atoms with Gasteiger partial charge in [0.2, 0.25) is 0 Å². The van der Waals surface area contributed by atoms with Crippen molar-refractivity contribution in [3.63, 3.8) is 0 Å². The van der Waals surface area contributed by atoms with Crippen LogP contribution in [0, 0.1) is 0 Å². The molecule has 0 saturated heterocycles. The van der Waals surface area contributed by atoms with Gasteiger partial charge in [0.1, 0.15) is 0 Å². The van der Waals surface area contributed by atoms with Gasteiger partial charge in [-0.05, 0) is 33.1 Å². The molecule has 0 aliphatic carbocycles. The summed E-state index contributed by atoms with van der Waals surface area (Å²) in [6, 6.07) is 0. The van der Waals surface area contributed by atoms with E-state index < -0.39 is 0 Å². The minimum Gasteiger partial charge on any atom is -0.0707 e. The predicted molar refractivity (Wildman–Crippen MR) is 57.3 cm³/mol. The second-order valence-electron chi connectivity index (χ2n) is 3.33. The fraction of sp³-hybridized carbons (Fsp3) is 0.667. The zero-order valence-electron chi connectivity index (χ0n) is 9.20. The summed E-state index contributed by atoms with van der Waals surface area (Å²) in [4.78, 5) is 0. The lowest BCUT2D eigenvalue weighted by molar-refractivity contribution is 0.968. The van der Waals surface area contributed by atoms with Crippen LogP contribution in [0.2, 0.25) is 0 Å². The molecule has 0 fully saturated rings. The third-order valence-corrected chi connectivity index (χ3v) is 2.53. The van der Waals surface area contributed by atoms with Gasteiger partial charge < -0.3 is 0 Å². The Kier molecular flexibility index (Phi) is 5.79. The SMILES string of the molecule is CCC(=CC(C)=C(C)CC)CC. The molecule has 0 saturated carbocycles. The molecule has 0 spiro atoms. The fourth-order valence-corrected chi connectivity index (χ4v) is 1.16. The molecule has 0 bridgehead atoms. The summed E-state index contributed by atoms with van der Waals surface area (Å²) in [6.07, 6.45) is 5.89. The van der Waals surface area contributed by atoms with E-state index in [0.717, 1.165) is 0 Å². The van der Waals surface area contributed by atoms with Crippen molar-refractivity contribution in [2.24, 2.45) is 0 Å². The topological polar surface area (TPSA) is 0 Å². The minimum atomic E-state index is 1.17. The van der Waals surface area contributed by atoms with Crippen molar-refractivity contribution in [1.82, 2.24) is 0 Å². The summed E-state index contributed by atoms with van der Waals surface area (Å²) < 4.78 is 0. The molecule has 0 heteroatoms. The smallest absolute Gasteiger partial charge is 0.0346 e. The van der Waals surface area contributed by atoms with Crippen LogP contribution in [0.3, 0.4) is 0 Å². The normalized spacial score (nSPS) is 12.4. The van der Waals surface area contributed by atoms with Gasteiger partial charge in [-0.15, -0.1) is 0 Å². The first kappa shape index (κ1) is 11.5. The Morgan fingerprint density at radius 3 is 1.75 bits per heavy atom. The van der Waals surface area contributed by atoms with Gasteiger partial charge in [0.25, 0.3) is 0 Å². The van der Waals surface area contributed by atoms with Gasteiger partial charge in [-0.1, -0.05) is 43.6 Å². The third kappa shape index (κ3) is 3.75. The molecule has 0 radical (unpaired) electrons. The maximum absolute atomic E-state index is 2.35. The van der Waals surface area contributed by atoms with Crippen molar-refractivity contribution in [2.75, 3.05) is 0 Å². The standard InChI is InChI=1S/C12H22/c1-6-10(4)11(5)9-12(7-2)8-3/h9H,6-8H2,1-5H3. The molecule has 70 valence electrons. The first-order valence-corrected chi connectivity index (χ1v) is 5.01. The Morgan fingerprint density at radius 2 is 1.42 bits per heavy atom. The van der Waals surface area contributed by atoms with Gasteiger partial charge in [0, 0.05) is 0 Å². The van der Waals surface area contributed by atoms with Crippen LogP contribution in [-0.4, -0.2) is 0 Å². The highest BCUT2D eigenvalue weighted by atomic mass is 14.0. The van der Waals surface area contributed by atoms with E-state index in [4.69, 9.17) is 0 Å². The first-order valence-electron chi connectivity index (χ1n) is 5.01. The molecular weight excluding hydrogens is 144 g/mol. The van der Waals surface area contributed by atoms with E-state index in [0.29, 0.717) is 0 Å². The van der Waals surface area contributed by atoms with Crippen LogP contribution >= 0.6 is 0 Å². The molecule has 0 atom stereocenters. The third-order valence-electron chi connectivity index (χ3n) is 2.53. The number of hydrogen-bond acceptors (Lipinski definition) is 0. The fourth-order valence-electron chi connectivity index (χ4n) is 1.16. The Hall–Kier alpha value is -0.520. The van der Waals surface area contributed by atoms with Gasteiger partial charge in [-0.2, -0.15) is 0 Å². The van der Waals surface area contributed by atoms with E-state index in [-0.39, 0.29) is 0 Å². The van der Waals surface area contributed by atoms with Crippen molar-refractivity contribution in [2.45, 2.75) is 53.9 Å². The molecule has 0 rings (SSSR count). The highest BCUT2D eigenvalue weighted by Crippen LogP contribution is 2.14. The molecular formula is C12H22. The minimum absolute atomic E-state index is 1.17. The van der Waals surface area contributed by atoms with Crippen LogP contribution in [0.15, 0.2) is 22.8 Å². The molecule has 0 aromatic carbocycles. The lowest BCUT2D eigenvalue weighted by Gasteiger charge is -2.03. The lowest BCUT2D eigenvalue weighted by atomic mass is 10.0. The molecule has 0 amide bonds. The average Bonchev–Trinajstić information content (AvgIpc) is 2.12.